The molecule has 0 aliphatic heterocycles. The smallest absolute Gasteiger partial charge is 0.146 e. The second-order valence-electron chi connectivity index (χ2n) is 19.3. The van der Waals surface area contributed by atoms with Gasteiger partial charge in [0.25, 0.3) is 0 Å². The molecule has 0 bridgehead atoms. The molecule has 5 heterocycles. The van der Waals surface area contributed by atoms with E-state index in [2.05, 4.69) is 213 Å². The molecule has 13 aromatic rings. The summed E-state index contributed by atoms with van der Waals surface area (Å²) in [6, 6.07) is 58.8. The summed E-state index contributed by atoms with van der Waals surface area (Å²) in [6.07, 6.45) is 0. The Bertz CT molecular complexity index is 3890. The first-order valence-electron chi connectivity index (χ1n) is 21.6. The SMILES string of the molecule is CC(C)(C)c1ccc2c(c1)c1cc(C(C)(C)C)cc3c4nc5c(cc4n2c13)c1c2ccccc2cc2c3c4ccccc4cc(N(c4ccccc4)c4ccccc4)c3n5c21. The van der Waals surface area contributed by atoms with Crippen LogP contribution in [0.5, 0.6) is 0 Å². The monoisotopic (exact) mass is 784 g/mol. The zero-order valence-electron chi connectivity index (χ0n) is 35.3. The lowest BCUT2D eigenvalue weighted by Gasteiger charge is -2.27. The number of anilines is 3. The summed E-state index contributed by atoms with van der Waals surface area (Å²) in [5.74, 6) is 0. The van der Waals surface area contributed by atoms with Gasteiger partial charge in [0, 0.05) is 49.1 Å². The number of aromatic nitrogens is 3. The molecular weight excluding hydrogens is 741 g/mol. The summed E-state index contributed by atoms with van der Waals surface area (Å²) >= 11 is 0. The van der Waals surface area contributed by atoms with Crippen molar-refractivity contribution in [3.8, 4) is 0 Å². The van der Waals surface area contributed by atoms with Gasteiger partial charge in [0.05, 0.1) is 38.8 Å². The Balaban J connectivity index is 1.28. The molecule has 0 saturated heterocycles. The van der Waals surface area contributed by atoms with Crippen LogP contribution in [-0.2, 0) is 10.8 Å². The Kier molecular flexibility index (Phi) is 6.69. The zero-order chi connectivity index (χ0) is 41.1. The molecule has 0 radical (unpaired) electrons. The molecule has 0 fully saturated rings. The van der Waals surface area contributed by atoms with Crippen LogP contribution in [0.2, 0.25) is 0 Å². The van der Waals surface area contributed by atoms with Crippen LogP contribution >= 0.6 is 0 Å². The van der Waals surface area contributed by atoms with Gasteiger partial charge in [-0.25, -0.2) is 4.98 Å². The fourth-order valence-corrected chi connectivity index (χ4v) is 10.6. The van der Waals surface area contributed by atoms with E-state index in [1.54, 1.807) is 0 Å². The van der Waals surface area contributed by atoms with Crippen LogP contribution in [0.15, 0.2) is 158 Å². The molecule has 0 amide bonds. The molecule has 0 aliphatic rings. The molecule has 0 saturated carbocycles. The summed E-state index contributed by atoms with van der Waals surface area (Å²) in [6.45, 7) is 13.9. The fourth-order valence-electron chi connectivity index (χ4n) is 10.6. The maximum absolute atomic E-state index is 5.95. The van der Waals surface area contributed by atoms with Gasteiger partial charge >= 0.3 is 0 Å². The van der Waals surface area contributed by atoms with Gasteiger partial charge in [-0.05, 0) is 110 Å². The first kappa shape index (κ1) is 34.7. The Labute approximate surface area is 353 Å². The summed E-state index contributed by atoms with van der Waals surface area (Å²) < 4.78 is 5.04. The van der Waals surface area contributed by atoms with Gasteiger partial charge in [0.2, 0.25) is 0 Å². The van der Waals surface area contributed by atoms with E-state index in [1.165, 1.54) is 86.9 Å². The number of hydrogen-bond donors (Lipinski definition) is 0. The number of benzene rings is 8. The first-order chi connectivity index (χ1) is 29.5. The highest BCUT2D eigenvalue weighted by atomic mass is 15.2. The summed E-state index contributed by atoms with van der Waals surface area (Å²) in [5, 5.41) is 13.7. The molecule has 5 aromatic heterocycles. The topological polar surface area (TPSA) is 24.9 Å². The van der Waals surface area contributed by atoms with Crippen LogP contribution in [0.25, 0.3) is 98.0 Å². The molecule has 0 atom stereocenters. The number of nitrogens with zero attached hydrogens (tertiary/aromatic N) is 4. The van der Waals surface area contributed by atoms with Gasteiger partial charge in [-0.2, -0.15) is 0 Å². The number of pyridine rings is 1. The predicted molar refractivity (Wildman–Crippen MR) is 261 cm³/mol. The van der Waals surface area contributed by atoms with Crippen molar-refractivity contribution < 1.29 is 0 Å². The third kappa shape index (κ3) is 4.62. The fraction of sp³-hybridized carbons (Fsp3) is 0.140. The van der Waals surface area contributed by atoms with Crippen LogP contribution in [0.1, 0.15) is 52.7 Å². The number of fused-ring (bicyclic) bond motifs is 16. The van der Waals surface area contributed by atoms with Gasteiger partial charge in [0.1, 0.15) is 5.65 Å². The Morgan fingerprint density at radius 2 is 0.984 bits per heavy atom. The van der Waals surface area contributed by atoms with E-state index in [0.717, 1.165) is 39.3 Å². The lowest BCUT2D eigenvalue weighted by molar-refractivity contribution is 0.590. The van der Waals surface area contributed by atoms with Gasteiger partial charge < -0.3 is 9.30 Å². The average molecular weight is 785 g/mol. The van der Waals surface area contributed by atoms with Gasteiger partial charge in [-0.1, -0.05) is 133 Å². The maximum atomic E-state index is 5.95. The molecule has 0 N–H and O–H groups in total. The molecule has 4 nitrogen and oxygen atoms in total. The minimum absolute atomic E-state index is 0.0360. The quantitative estimate of drug-likeness (QED) is 0.178. The number of rotatable bonds is 3. The van der Waals surface area contributed by atoms with E-state index in [4.69, 9.17) is 4.98 Å². The molecular formula is C57H44N4. The van der Waals surface area contributed by atoms with E-state index in [9.17, 15) is 0 Å². The van der Waals surface area contributed by atoms with E-state index in [-0.39, 0.29) is 10.8 Å². The molecule has 8 aromatic carbocycles. The first-order valence-corrected chi connectivity index (χ1v) is 21.6. The Morgan fingerprint density at radius 3 is 1.64 bits per heavy atom. The largest absolute Gasteiger partial charge is 0.308 e. The zero-order valence-corrected chi connectivity index (χ0v) is 35.3. The van der Waals surface area contributed by atoms with Crippen molar-refractivity contribution in [1.82, 2.24) is 13.8 Å². The molecule has 0 unspecified atom stereocenters. The predicted octanol–water partition coefficient (Wildman–Crippen LogP) is 15.8. The highest BCUT2D eigenvalue weighted by molar-refractivity contribution is 6.36. The van der Waals surface area contributed by atoms with Crippen LogP contribution in [0.4, 0.5) is 17.1 Å². The maximum Gasteiger partial charge on any atom is 0.146 e. The van der Waals surface area contributed by atoms with Crippen molar-refractivity contribution in [2.45, 2.75) is 52.4 Å². The van der Waals surface area contributed by atoms with Crippen molar-refractivity contribution in [3.05, 3.63) is 169 Å². The molecule has 292 valence electrons. The van der Waals surface area contributed by atoms with Gasteiger partial charge in [-0.15, -0.1) is 0 Å². The molecule has 0 spiro atoms. The van der Waals surface area contributed by atoms with Crippen molar-refractivity contribution >= 4 is 115 Å². The van der Waals surface area contributed by atoms with Crippen LogP contribution in [0, 0.1) is 0 Å². The average Bonchev–Trinajstić information content (AvgIpc) is 3.98. The van der Waals surface area contributed by atoms with Crippen LogP contribution in [-0.4, -0.2) is 13.8 Å². The number of para-hydroxylation sites is 2. The van der Waals surface area contributed by atoms with Gasteiger partial charge in [-0.3, -0.25) is 4.40 Å². The third-order valence-electron chi connectivity index (χ3n) is 13.6. The highest BCUT2D eigenvalue weighted by Crippen LogP contribution is 2.51. The highest BCUT2D eigenvalue weighted by Gasteiger charge is 2.30. The van der Waals surface area contributed by atoms with Crippen molar-refractivity contribution in [1.29, 1.82) is 0 Å². The van der Waals surface area contributed by atoms with E-state index in [0.29, 0.717) is 0 Å². The van der Waals surface area contributed by atoms with E-state index in [1.807, 2.05) is 0 Å². The van der Waals surface area contributed by atoms with Crippen LogP contribution in [0.3, 0.4) is 0 Å². The standard InChI is InChI=1S/C57H44N4/c1-56(2,3)35-25-26-46-41(29-35)42-30-36(57(4,5)6)31-45-51-47(60(46)52(42)45)32-44-50-39-23-15-13-17-33(39)27-43-49-40-24-16-14-18-34(40)28-48(54(49)61(53(43)50)55(44)58-51)59(37-19-9-7-10-20-37)38-21-11-8-12-22-38/h7-32H,1-6H3. The Morgan fingerprint density at radius 1 is 0.410 bits per heavy atom. The molecule has 4 heteroatoms. The van der Waals surface area contributed by atoms with Crippen molar-refractivity contribution in [3.63, 3.8) is 0 Å². The van der Waals surface area contributed by atoms with E-state index >= 15 is 0 Å². The third-order valence-corrected chi connectivity index (χ3v) is 13.6. The lowest BCUT2D eigenvalue weighted by Crippen LogP contribution is -2.11. The second-order valence-corrected chi connectivity index (χ2v) is 19.3. The molecule has 0 aliphatic carbocycles. The van der Waals surface area contributed by atoms with Crippen molar-refractivity contribution in [2.75, 3.05) is 4.90 Å². The Hall–Kier alpha value is -7.17. The van der Waals surface area contributed by atoms with Crippen molar-refractivity contribution in [2.24, 2.45) is 0 Å². The lowest BCUT2D eigenvalue weighted by atomic mass is 9.84. The summed E-state index contributed by atoms with van der Waals surface area (Å²) in [7, 11) is 0. The molecule has 61 heavy (non-hydrogen) atoms. The minimum Gasteiger partial charge on any atom is -0.308 e. The second kappa shape index (κ2) is 11.8. The summed E-state index contributed by atoms with van der Waals surface area (Å²) in [4.78, 5) is 8.38. The summed E-state index contributed by atoms with van der Waals surface area (Å²) in [5.41, 5.74) is 14.1. The molecule has 13 rings (SSSR count). The van der Waals surface area contributed by atoms with Gasteiger partial charge in [0.15, 0.2) is 0 Å². The van der Waals surface area contributed by atoms with E-state index < -0.39 is 0 Å². The number of hydrogen-bond acceptors (Lipinski definition) is 2. The van der Waals surface area contributed by atoms with Crippen LogP contribution < -0.4 is 4.90 Å². The minimum atomic E-state index is -0.0491. The normalized spacial score (nSPS) is 13.1.